The van der Waals surface area contributed by atoms with Crippen molar-refractivity contribution in [1.82, 2.24) is 4.98 Å². The average Bonchev–Trinajstić information content (AvgIpc) is 2.69. The van der Waals surface area contributed by atoms with Crippen LogP contribution < -0.4 is 21.5 Å². The molecule has 4 rings (SSSR count). The predicted octanol–water partition coefficient (Wildman–Crippen LogP) is 3.47. The quantitative estimate of drug-likeness (QED) is 0.608. The molecule has 6 heteroatoms. The van der Waals surface area contributed by atoms with Gasteiger partial charge in [0, 0.05) is 34.4 Å². The molecule has 0 saturated carbocycles. The molecule has 0 fully saturated rings. The largest absolute Gasteiger partial charge is 0.489 e. The van der Waals surface area contributed by atoms with Gasteiger partial charge in [-0.25, -0.2) is 4.99 Å². The molecule has 0 aliphatic carbocycles. The van der Waals surface area contributed by atoms with E-state index in [9.17, 15) is 0 Å². The van der Waals surface area contributed by atoms with E-state index in [2.05, 4.69) is 15.3 Å². The summed E-state index contributed by atoms with van der Waals surface area (Å²) in [6, 6.07) is 15.5. The summed E-state index contributed by atoms with van der Waals surface area (Å²) in [5.74, 6) is 0.804. The smallest absolute Gasteiger partial charge is 0.163 e. The van der Waals surface area contributed by atoms with Crippen molar-refractivity contribution < 1.29 is 4.74 Å². The van der Waals surface area contributed by atoms with Crippen LogP contribution in [0.3, 0.4) is 0 Å². The zero-order chi connectivity index (χ0) is 19.7. The van der Waals surface area contributed by atoms with Gasteiger partial charge >= 0.3 is 0 Å². The lowest BCUT2D eigenvalue weighted by Crippen LogP contribution is -2.39. The molecular formula is C22H23N5O. The molecular weight excluding hydrogens is 350 g/mol. The number of aromatic nitrogens is 1. The Bertz CT molecular complexity index is 1050. The van der Waals surface area contributed by atoms with Crippen LogP contribution in [0.1, 0.15) is 27.9 Å². The van der Waals surface area contributed by atoms with Crippen LogP contribution in [0.15, 0.2) is 59.7 Å². The van der Waals surface area contributed by atoms with Crippen LogP contribution in [-0.2, 0) is 12.3 Å². The summed E-state index contributed by atoms with van der Waals surface area (Å²) in [6.07, 6.45) is 3.46. The molecule has 2 heterocycles. The van der Waals surface area contributed by atoms with Crippen molar-refractivity contribution in [3.63, 3.8) is 0 Å². The maximum atomic E-state index is 6.72. The summed E-state index contributed by atoms with van der Waals surface area (Å²) in [4.78, 5) is 8.82. The molecule has 0 amide bonds. The number of hydrogen-bond acceptors (Lipinski definition) is 6. The van der Waals surface area contributed by atoms with Crippen molar-refractivity contribution in [3.8, 4) is 5.75 Å². The van der Waals surface area contributed by atoms with Crippen LogP contribution in [0.4, 0.5) is 11.4 Å². The first-order chi connectivity index (χ1) is 13.5. The molecule has 1 aliphatic heterocycles. The molecule has 5 N–H and O–H groups in total. The van der Waals surface area contributed by atoms with Crippen LogP contribution in [0.5, 0.6) is 5.75 Å². The number of anilines is 2. The van der Waals surface area contributed by atoms with Gasteiger partial charge in [-0.05, 0) is 61.4 Å². The number of ether oxygens (including phenoxy) is 1. The fourth-order valence-electron chi connectivity index (χ4n) is 3.30. The number of hydrogen-bond donors (Lipinski definition) is 3. The minimum Gasteiger partial charge on any atom is -0.489 e. The summed E-state index contributed by atoms with van der Waals surface area (Å²) >= 11 is 0. The second kappa shape index (κ2) is 6.98. The Morgan fingerprint density at radius 1 is 1.07 bits per heavy atom. The zero-order valence-electron chi connectivity index (χ0n) is 15.9. The first kappa shape index (κ1) is 18.0. The Kier molecular flexibility index (Phi) is 4.49. The van der Waals surface area contributed by atoms with Crippen LogP contribution >= 0.6 is 0 Å². The molecule has 1 unspecified atom stereocenters. The average molecular weight is 373 g/mol. The number of nitrogens with two attached hydrogens (primary N) is 2. The Morgan fingerprint density at radius 3 is 2.68 bits per heavy atom. The minimum atomic E-state index is -1.000. The van der Waals surface area contributed by atoms with Crippen LogP contribution in [0.2, 0.25) is 0 Å². The molecule has 6 nitrogen and oxygen atoms in total. The highest BCUT2D eigenvalue weighted by Gasteiger charge is 2.33. The van der Waals surface area contributed by atoms with Gasteiger partial charge in [0.05, 0.1) is 6.34 Å². The number of nitrogens with zero attached hydrogens (tertiary/aromatic N) is 2. The van der Waals surface area contributed by atoms with E-state index in [-0.39, 0.29) is 0 Å². The number of fused-ring (bicyclic) bond motifs is 1. The number of pyridine rings is 1. The third-order valence-electron chi connectivity index (χ3n) is 4.92. The molecule has 0 saturated heterocycles. The fraction of sp³-hybridized carbons (Fsp3) is 0.182. The first-order valence-electron chi connectivity index (χ1n) is 9.10. The molecule has 1 aliphatic rings. The maximum absolute atomic E-state index is 6.72. The van der Waals surface area contributed by atoms with Crippen molar-refractivity contribution >= 4 is 17.7 Å². The predicted molar refractivity (Wildman–Crippen MR) is 112 cm³/mol. The minimum absolute atomic E-state index is 0.461. The van der Waals surface area contributed by atoms with Crippen LogP contribution in [0.25, 0.3) is 0 Å². The molecule has 1 atom stereocenters. The van der Waals surface area contributed by atoms with Gasteiger partial charge in [-0.15, -0.1) is 0 Å². The fourth-order valence-corrected chi connectivity index (χ4v) is 3.30. The SMILES string of the molecule is Cc1ccc(COc2ccc(C3(N)N=CNc4ccc(N)cc43)cc2C)cn1. The first-order valence-corrected chi connectivity index (χ1v) is 9.10. The third-order valence-corrected chi connectivity index (χ3v) is 4.92. The molecule has 0 radical (unpaired) electrons. The molecule has 3 aromatic rings. The van der Waals surface area contributed by atoms with Crippen molar-refractivity contribution in [2.75, 3.05) is 11.1 Å². The Labute approximate surface area is 164 Å². The van der Waals surface area contributed by atoms with Gasteiger partial charge in [0.1, 0.15) is 12.4 Å². The molecule has 0 bridgehead atoms. The molecule has 28 heavy (non-hydrogen) atoms. The van der Waals surface area contributed by atoms with Gasteiger partial charge in [-0.3, -0.25) is 10.7 Å². The summed E-state index contributed by atoms with van der Waals surface area (Å²) in [5.41, 5.74) is 18.0. The van der Waals surface area contributed by atoms with Gasteiger partial charge in [0.25, 0.3) is 0 Å². The lowest BCUT2D eigenvalue weighted by Gasteiger charge is -2.32. The number of aryl methyl sites for hydroxylation is 2. The van der Waals surface area contributed by atoms with Crippen molar-refractivity contribution in [2.24, 2.45) is 10.7 Å². The van der Waals surface area contributed by atoms with Crippen molar-refractivity contribution in [3.05, 3.63) is 82.7 Å². The maximum Gasteiger partial charge on any atom is 0.163 e. The van der Waals surface area contributed by atoms with Gasteiger partial charge in [0.15, 0.2) is 5.66 Å². The number of benzene rings is 2. The van der Waals surface area contributed by atoms with Crippen LogP contribution in [0, 0.1) is 13.8 Å². The second-order valence-corrected chi connectivity index (χ2v) is 7.05. The van der Waals surface area contributed by atoms with E-state index >= 15 is 0 Å². The Balaban J connectivity index is 1.61. The molecule has 142 valence electrons. The highest BCUT2D eigenvalue weighted by molar-refractivity contribution is 5.83. The van der Waals surface area contributed by atoms with E-state index in [1.807, 2.05) is 68.6 Å². The van der Waals surface area contributed by atoms with E-state index < -0.39 is 5.66 Å². The van der Waals surface area contributed by atoms with Crippen molar-refractivity contribution in [2.45, 2.75) is 26.1 Å². The highest BCUT2D eigenvalue weighted by atomic mass is 16.5. The number of aliphatic imine (C=N–C) groups is 1. The lowest BCUT2D eigenvalue weighted by atomic mass is 9.89. The molecule has 0 spiro atoms. The van der Waals surface area contributed by atoms with Gasteiger partial charge in [-0.1, -0.05) is 12.1 Å². The Hall–Kier alpha value is -3.38. The number of rotatable bonds is 4. The van der Waals surface area contributed by atoms with E-state index in [0.717, 1.165) is 39.4 Å². The number of nitrogens with one attached hydrogen (secondary N) is 1. The van der Waals surface area contributed by atoms with E-state index in [1.165, 1.54) is 0 Å². The van der Waals surface area contributed by atoms with Gasteiger partial charge in [0.2, 0.25) is 0 Å². The summed E-state index contributed by atoms with van der Waals surface area (Å²) in [7, 11) is 0. The van der Waals surface area contributed by atoms with Gasteiger partial charge < -0.3 is 15.8 Å². The summed E-state index contributed by atoms with van der Waals surface area (Å²) in [6.45, 7) is 4.43. The highest BCUT2D eigenvalue weighted by Crippen LogP contribution is 2.38. The monoisotopic (exact) mass is 373 g/mol. The molecule has 1 aromatic heterocycles. The van der Waals surface area contributed by atoms with Crippen LogP contribution in [-0.4, -0.2) is 11.3 Å². The molecule has 2 aromatic carbocycles. The van der Waals surface area contributed by atoms with E-state index in [1.54, 1.807) is 6.34 Å². The second-order valence-electron chi connectivity index (χ2n) is 7.05. The number of nitrogen functional groups attached to an aromatic ring is 1. The van der Waals surface area contributed by atoms with Gasteiger partial charge in [-0.2, -0.15) is 0 Å². The lowest BCUT2D eigenvalue weighted by molar-refractivity contribution is 0.303. The van der Waals surface area contributed by atoms with E-state index in [4.69, 9.17) is 16.2 Å². The van der Waals surface area contributed by atoms with E-state index in [0.29, 0.717) is 12.3 Å². The Morgan fingerprint density at radius 2 is 1.93 bits per heavy atom. The van der Waals surface area contributed by atoms with Crippen molar-refractivity contribution in [1.29, 1.82) is 0 Å². The topological polar surface area (TPSA) is 98.5 Å². The summed E-state index contributed by atoms with van der Waals surface area (Å²) in [5, 5.41) is 3.13. The standard InChI is InChI=1S/C22H23N5O/c1-14-9-17(5-8-21(14)28-12-16-4-3-15(2)25-11-16)22(24)19-10-18(23)6-7-20(19)26-13-27-22/h3-11,13H,12,23-24H2,1-2H3,(H,26,27). The summed E-state index contributed by atoms with van der Waals surface area (Å²) < 4.78 is 5.97. The zero-order valence-corrected chi connectivity index (χ0v) is 15.9. The normalized spacial score (nSPS) is 17.7. The third kappa shape index (κ3) is 3.30.